The van der Waals surface area contributed by atoms with Crippen LogP contribution in [0.1, 0.15) is 25.0 Å². The molecule has 0 heterocycles. The molecule has 3 heteroatoms. The second-order valence-electron chi connectivity index (χ2n) is 4.47. The normalized spacial score (nSPS) is 12.7. The van der Waals surface area contributed by atoms with Crippen molar-refractivity contribution in [3.05, 3.63) is 29.3 Å². The number of nitrogens with one attached hydrogen (secondary N) is 1. The molecule has 2 N–H and O–H groups in total. The third kappa shape index (κ3) is 5.11. The summed E-state index contributed by atoms with van der Waals surface area (Å²) < 4.78 is 0. The van der Waals surface area contributed by atoms with Gasteiger partial charge in [-0.1, -0.05) is 19.9 Å². The fourth-order valence-corrected chi connectivity index (χ4v) is 2.51. The Balaban J connectivity index is 2.55. The lowest BCUT2D eigenvalue weighted by atomic mass is 10.1. The average Bonchev–Trinajstić information content (AvgIpc) is 2.34. The van der Waals surface area contributed by atoms with Crippen LogP contribution < -0.4 is 5.32 Å². The zero-order valence-electron chi connectivity index (χ0n) is 11.0. The van der Waals surface area contributed by atoms with Gasteiger partial charge in [-0.2, -0.15) is 0 Å². The quantitative estimate of drug-likeness (QED) is 0.733. The van der Waals surface area contributed by atoms with Crippen LogP contribution in [0.25, 0.3) is 0 Å². The molecule has 0 aliphatic heterocycles. The number of hydrogen-bond donors (Lipinski definition) is 2. The third-order valence-corrected chi connectivity index (χ3v) is 4.05. The van der Waals surface area contributed by atoms with Gasteiger partial charge < -0.3 is 10.4 Å². The van der Waals surface area contributed by atoms with Gasteiger partial charge in [-0.05, 0) is 42.6 Å². The Kier molecular flexibility index (Phi) is 6.63. The number of rotatable bonds is 7. The topological polar surface area (TPSA) is 32.3 Å². The van der Waals surface area contributed by atoms with Crippen molar-refractivity contribution >= 4 is 11.8 Å². The first kappa shape index (κ1) is 14.6. The summed E-state index contributed by atoms with van der Waals surface area (Å²) in [6, 6.07) is 6.61. The molecule has 0 bridgehead atoms. The van der Waals surface area contributed by atoms with Crippen LogP contribution in [0.3, 0.4) is 0 Å². The molecule has 0 amide bonds. The highest BCUT2D eigenvalue weighted by Gasteiger charge is 2.03. The second-order valence-corrected chi connectivity index (χ2v) is 5.56. The lowest BCUT2D eigenvalue weighted by molar-refractivity contribution is 0.250. The number of aliphatic hydroxyl groups excluding tert-OH is 1. The van der Waals surface area contributed by atoms with Crippen LogP contribution in [0.2, 0.25) is 0 Å². The van der Waals surface area contributed by atoms with Gasteiger partial charge in [-0.15, -0.1) is 11.8 Å². The molecule has 0 saturated heterocycles. The molecule has 0 aliphatic carbocycles. The average molecular weight is 253 g/mol. The van der Waals surface area contributed by atoms with Gasteiger partial charge in [0.15, 0.2) is 0 Å². The molecule has 1 unspecified atom stereocenters. The summed E-state index contributed by atoms with van der Waals surface area (Å²) >= 11 is 1.82. The van der Waals surface area contributed by atoms with Crippen molar-refractivity contribution < 1.29 is 5.11 Å². The highest BCUT2D eigenvalue weighted by Crippen LogP contribution is 2.23. The lowest BCUT2D eigenvalue weighted by Gasteiger charge is -2.10. The summed E-state index contributed by atoms with van der Waals surface area (Å²) in [6.45, 7) is 8.57. The Morgan fingerprint density at radius 1 is 1.41 bits per heavy atom. The number of aliphatic hydroxyl groups is 1. The Labute approximate surface area is 109 Å². The number of aryl methyl sites for hydroxylation is 1. The Hall–Kier alpha value is -0.510. The summed E-state index contributed by atoms with van der Waals surface area (Å²) in [5.74, 6) is 1.34. The molecule has 1 aromatic rings. The summed E-state index contributed by atoms with van der Waals surface area (Å²) in [6.07, 6.45) is 0. The highest BCUT2D eigenvalue weighted by atomic mass is 32.2. The number of benzene rings is 1. The molecule has 96 valence electrons. The van der Waals surface area contributed by atoms with Crippen LogP contribution in [0, 0.1) is 12.8 Å². The van der Waals surface area contributed by atoms with Crippen LogP contribution in [0.4, 0.5) is 0 Å². The van der Waals surface area contributed by atoms with Gasteiger partial charge in [0, 0.05) is 23.8 Å². The van der Waals surface area contributed by atoms with Crippen molar-refractivity contribution in [1.29, 1.82) is 0 Å². The minimum Gasteiger partial charge on any atom is -0.396 e. The Morgan fingerprint density at radius 3 is 2.76 bits per heavy atom. The molecule has 0 saturated carbocycles. The minimum atomic E-state index is 0.268. The lowest BCUT2D eigenvalue weighted by Crippen LogP contribution is -2.12. The maximum Gasteiger partial charge on any atom is 0.0464 e. The maximum atomic E-state index is 8.99. The predicted octanol–water partition coefficient (Wildman–Crippen LogP) is 2.83. The molecule has 17 heavy (non-hydrogen) atoms. The summed E-state index contributed by atoms with van der Waals surface area (Å²) in [5, 5.41) is 12.3. The molecule has 1 aromatic carbocycles. The summed E-state index contributed by atoms with van der Waals surface area (Å²) in [4.78, 5) is 1.29. The fraction of sp³-hybridized carbons (Fsp3) is 0.571. The van der Waals surface area contributed by atoms with Crippen LogP contribution in [-0.4, -0.2) is 24.0 Å². The SMILES string of the molecule is CCNCc1ccc(SCC(C)CO)cc1C. The van der Waals surface area contributed by atoms with Crippen molar-refractivity contribution in [3.63, 3.8) is 0 Å². The van der Waals surface area contributed by atoms with Gasteiger partial charge >= 0.3 is 0 Å². The standard InChI is InChI=1S/C14H23NOS/c1-4-15-8-13-5-6-14(7-12(13)3)17-10-11(2)9-16/h5-7,11,15-16H,4,8-10H2,1-3H3. The number of thioether (sulfide) groups is 1. The zero-order valence-corrected chi connectivity index (χ0v) is 11.8. The van der Waals surface area contributed by atoms with Crippen molar-refractivity contribution in [1.82, 2.24) is 5.32 Å². The van der Waals surface area contributed by atoms with Crippen molar-refractivity contribution in [2.24, 2.45) is 5.92 Å². The van der Waals surface area contributed by atoms with Crippen molar-refractivity contribution in [3.8, 4) is 0 Å². The van der Waals surface area contributed by atoms with Crippen LogP contribution in [0.15, 0.2) is 23.1 Å². The Bertz CT molecular complexity index is 341. The van der Waals surface area contributed by atoms with E-state index in [-0.39, 0.29) is 6.61 Å². The molecule has 0 aromatic heterocycles. The van der Waals surface area contributed by atoms with Crippen LogP contribution in [-0.2, 0) is 6.54 Å². The van der Waals surface area contributed by atoms with Crippen LogP contribution in [0.5, 0.6) is 0 Å². The fourth-order valence-electron chi connectivity index (χ4n) is 1.51. The van der Waals surface area contributed by atoms with Gasteiger partial charge in [-0.25, -0.2) is 0 Å². The molecule has 2 nitrogen and oxygen atoms in total. The highest BCUT2D eigenvalue weighted by molar-refractivity contribution is 7.99. The van der Waals surface area contributed by atoms with Crippen molar-refractivity contribution in [2.45, 2.75) is 32.2 Å². The summed E-state index contributed by atoms with van der Waals surface area (Å²) in [5.41, 5.74) is 2.71. The molecular weight excluding hydrogens is 230 g/mol. The van der Waals surface area contributed by atoms with Crippen molar-refractivity contribution in [2.75, 3.05) is 18.9 Å². The van der Waals surface area contributed by atoms with E-state index in [2.05, 4.69) is 44.3 Å². The first-order valence-electron chi connectivity index (χ1n) is 6.21. The van der Waals surface area contributed by atoms with Crippen LogP contribution >= 0.6 is 11.8 Å². The van der Waals surface area contributed by atoms with E-state index in [4.69, 9.17) is 5.11 Å². The monoisotopic (exact) mass is 253 g/mol. The molecule has 0 aliphatic rings. The third-order valence-electron chi connectivity index (χ3n) is 2.73. The predicted molar refractivity (Wildman–Crippen MR) is 75.5 cm³/mol. The number of hydrogen-bond acceptors (Lipinski definition) is 3. The Morgan fingerprint density at radius 2 is 2.18 bits per heavy atom. The summed E-state index contributed by atoms with van der Waals surface area (Å²) in [7, 11) is 0. The largest absolute Gasteiger partial charge is 0.396 e. The zero-order chi connectivity index (χ0) is 12.7. The second kappa shape index (κ2) is 7.75. The van der Waals surface area contributed by atoms with Gasteiger partial charge in [0.2, 0.25) is 0 Å². The van der Waals surface area contributed by atoms with E-state index < -0.39 is 0 Å². The van der Waals surface area contributed by atoms with Gasteiger partial charge in [0.05, 0.1) is 0 Å². The first-order chi connectivity index (χ1) is 8.17. The molecular formula is C14H23NOS. The van der Waals surface area contributed by atoms with Gasteiger partial charge in [0.1, 0.15) is 0 Å². The molecule has 0 spiro atoms. The van der Waals surface area contributed by atoms with E-state index in [1.54, 1.807) is 0 Å². The van der Waals surface area contributed by atoms with Gasteiger partial charge in [0.25, 0.3) is 0 Å². The molecule has 1 atom stereocenters. The van der Waals surface area contributed by atoms with E-state index in [9.17, 15) is 0 Å². The maximum absolute atomic E-state index is 8.99. The van der Waals surface area contributed by atoms with E-state index in [1.807, 2.05) is 11.8 Å². The van der Waals surface area contributed by atoms with E-state index in [0.29, 0.717) is 5.92 Å². The molecule has 0 radical (unpaired) electrons. The smallest absolute Gasteiger partial charge is 0.0464 e. The van der Waals surface area contributed by atoms with E-state index in [1.165, 1.54) is 16.0 Å². The molecule has 0 fully saturated rings. The first-order valence-corrected chi connectivity index (χ1v) is 7.19. The molecule has 1 rings (SSSR count). The van der Waals surface area contributed by atoms with Gasteiger partial charge in [-0.3, -0.25) is 0 Å². The van der Waals surface area contributed by atoms with E-state index in [0.717, 1.165) is 18.8 Å². The minimum absolute atomic E-state index is 0.268. The van der Waals surface area contributed by atoms with E-state index >= 15 is 0 Å².